The quantitative estimate of drug-likeness (QED) is 0.471. The fourth-order valence-corrected chi connectivity index (χ4v) is 17.8. The van der Waals surface area contributed by atoms with Crippen LogP contribution < -0.4 is 13.3 Å². The molecule has 1 heterocycles. The number of hydrogen-bond donors (Lipinski definition) is 0. The molecule has 1 aromatic rings. The number of methoxy groups -OCH3 is 2. The minimum absolute atomic E-state index is 0.400. The van der Waals surface area contributed by atoms with Crippen molar-refractivity contribution in [3.05, 3.63) is 0 Å². The summed E-state index contributed by atoms with van der Waals surface area (Å²) in [6.45, 7) is 6.81. The van der Waals surface area contributed by atoms with Gasteiger partial charge in [0.25, 0.3) is 0 Å². The van der Waals surface area contributed by atoms with Gasteiger partial charge in [0.15, 0.2) is 0 Å². The number of nitrogens with zero attached hydrogens (tertiary/aromatic N) is 3. The van der Waals surface area contributed by atoms with Crippen molar-refractivity contribution in [2.24, 2.45) is 0 Å². The minimum atomic E-state index is -2.65. The average molecular weight is 430 g/mol. The van der Waals surface area contributed by atoms with Gasteiger partial charge >= 0.3 is 145 Å². The summed E-state index contributed by atoms with van der Waals surface area (Å²) in [5.74, 6) is 0. The zero-order valence-corrected chi connectivity index (χ0v) is 18.4. The Hall–Kier alpha value is -0.591. The van der Waals surface area contributed by atoms with Crippen molar-refractivity contribution >= 4 is 22.2 Å². The van der Waals surface area contributed by atoms with Gasteiger partial charge in [-0.15, -0.1) is 0 Å². The predicted octanol–water partition coefficient (Wildman–Crippen LogP) is 3.94. The first-order valence-electron chi connectivity index (χ1n) is 9.00. The second-order valence-electron chi connectivity index (χ2n) is 6.22. The van der Waals surface area contributed by atoms with Gasteiger partial charge in [-0.25, -0.2) is 0 Å². The maximum atomic E-state index is 5.30. The molecule has 0 saturated heterocycles. The molecule has 0 bridgehead atoms. The summed E-state index contributed by atoms with van der Waals surface area (Å²) in [5.41, 5.74) is 0. The Balaban J connectivity index is 3.26. The zero-order chi connectivity index (χ0) is 17.1. The van der Waals surface area contributed by atoms with Crippen LogP contribution in [0.15, 0.2) is 0 Å². The summed E-state index contributed by atoms with van der Waals surface area (Å²) in [4.78, 5) is 13.6. The van der Waals surface area contributed by atoms with Crippen molar-refractivity contribution in [1.29, 1.82) is 0 Å². The first-order chi connectivity index (χ1) is 11.2. The molecule has 0 spiro atoms. The number of rotatable bonds is 12. The van der Waals surface area contributed by atoms with Gasteiger partial charge in [0.2, 0.25) is 0 Å². The van der Waals surface area contributed by atoms with E-state index in [-0.39, 0.29) is 0 Å². The van der Waals surface area contributed by atoms with Crippen LogP contribution in [0.1, 0.15) is 59.3 Å². The van der Waals surface area contributed by atoms with Gasteiger partial charge in [0.05, 0.1) is 0 Å². The Labute approximate surface area is 145 Å². The molecule has 132 valence electrons. The van der Waals surface area contributed by atoms with Crippen LogP contribution in [0.3, 0.4) is 0 Å². The van der Waals surface area contributed by atoms with E-state index in [1.807, 2.05) is 0 Å². The summed E-state index contributed by atoms with van der Waals surface area (Å²) in [6.07, 6.45) is 7.53. The van der Waals surface area contributed by atoms with E-state index in [0.29, 0.717) is 12.0 Å². The van der Waals surface area contributed by atoms with E-state index in [1.165, 1.54) is 51.8 Å². The van der Waals surface area contributed by atoms with E-state index in [9.17, 15) is 0 Å². The van der Waals surface area contributed by atoms with E-state index < -0.39 is 18.4 Å². The van der Waals surface area contributed by atoms with Gasteiger partial charge in [0, 0.05) is 0 Å². The third kappa shape index (κ3) is 6.08. The molecule has 1 aromatic heterocycles. The molecule has 0 radical (unpaired) electrons. The van der Waals surface area contributed by atoms with E-state index in [4.69, 9.17) is 19.4 Å². The SMILES string of the molecule is CCC[CH2][Sn]([CH2]CCC)([CH2]CCC)[c]1nc(OC)nc(OC)n1. The van der Waals surface area contributed by atoms with Gasteiger partial charge < -0.3 is 0 Å². The molecule has 23 heavy (non-hydrogen) atoms. The Morgan fingerprint density at radius 3 is 1.39 bits per heavy atom. The fraction of sp³-hybridized carbons (Fsp3) is 0.824. The van der Waals surface area contributed by atoms with E-state index in [1.54, 1.807) is 14.2 Å². The second kappa shape index (κ2) is 11.0. The predicted molar refractivity (Wildman–Crippen MR) is 97.5 cm³/mol. The number of ether oxygens (including phenoxy) is 2. The van der Waals surface area contributed by atoms with E-state index in [0.717, 1.165) is 3.84 Å². The third-order valence-corrected chi connectivity index (χ3v) is 19.0. The normalized spacial score (nSPS) is 11.5. The summed E-state index contributed by atoms with van der Waals surface area (Å²) in [6, 6.07) is 0.801. The maximum absolute atomic E-state index is 5.30. The molecule has 0 amide bonds. The summed E-state index contributed by atoms with van der Waals surface area (Å²) < 4.78 is 15.6. The van der Waals surface area contributed by atoms with Gasteiger partial charge in [-0.2, -0.15) is 0 Å². The average Bonchev–Trinajstić information content (AvgIpc) is 2.60. The molecule has 0 aromatic carbocycles. The van der Waals surface area contributed by atoms with Crippen molar-refractivity contribution in [1.82, 2.24) is 15.0 Å². The van der Waals surface area contributed by atoms with Crippen molar-refractivity contribution in [2.75, 3.05) is 14.2 Å². The topological polar surface area (TPSA) is 57.1 Å². The Bertz CT molecular complexity index is 413. The Kier molecular flexibility index (Phi) is 9.83. The van der Waals surface area contributed by atoms with Crippen LogP contribution in [0.2, 0.25) is 13.3 Å². The first-order valence-corrected chi connectivity index (χ1v) is 16.5. The standard InChI is InChI=1S/C5H6N3O2.3C4H9.Sn/c1-9-4-6-3-7-5(8-4)10-2;3*1-3-4-2;/h1-2H3;3*1,3-4H2,2H3;. The van der Waals surface area contributed by atoms with Crippen molar-refractivity contribution < 1.29 is 9.47 Å². The van der Waals surface area contributed by atoms with Crippen LogP contribution >= 0.6 is 0 Å². The van der Waals surface area contributed by atoms with Gasteiger partial charge in [-0.3, -0.25) is 0 Å². The summed E-state index contributed by atoms with van der Waals surface area (Å²) in [5, 5.41) is 0. The van der Waals surface area contributed by atoms with Crippen LogP contribution in [0.25, 0.3) is 0 Å². The van der Waals surface area contributed by atoms with Crippen LogP contribution in [0, 0.1) is 0 Å². The number of hydrogen-bond acceptors (Lipinski definition) is 5. The zero-order valence-electron chi connectivity index (χ0n) is 15.5. The van der Waals surface area contributed by atoms with Gasteiger partial charge in [-0.05, 0) is 0 Å². The third-order valence-electron chi connectivity index (χ3n) is 4.46. The Morgan fingerprint density at radius 2 is 1.09 bits per heavy atom. The van der Waals surface area contributed by atoms with Crippen LogP contribution in [0.4, 0.5) is 0 Å². The molecule has 0 N–H and O–H groups in total. The monoisotopic (exact) mass is 431 g/mol. The molecule has 1 rings (SSSR count). The molecule has 5 nitrogen and oxygen atoms in total. The molecule has 0 unspecified atom stereocenters. The van der Waals surface area contributed by atoms with Crippen LogP contribution in [-0.4, -0.2) is 47.5 Å². The van der Waals surface area contributed by atoms with Crippen molar-refractivity contribution in [2.45, 2.75) is 72.6 Å². The molecule has 6 heteroatoms. The molecule has 0 aliphatic heterocycles. The molecular weight excluding hydrogens is 397 g/mol. The fourth-order valence-electron chi connectivity index (χ4n) is 3.01. The van der Waals surface area contributed by atoms with E-state index in [2.05, 4.69) is 25.8 Å². The van der Waals surface area contributed by atoms with Gasteiger partial charge in [-0.1, -0.05) is 0 Å². The van der Waals surface area contributed by atoms with Crippen LogP contribution in [-0.2, 0) is 0 Å². The van der Waals surface area contributed by atoms with Crippen molar-refractivity contribution in [3.8, 4) is 12.0 Å². The van der Waals surface area contributed by atoms with E-state index >= 15 is 0 Å². The summed E-state index contributed by atoms with van der Waals surface area (Å²) in [7, 11) is 3.22. The molecule has 0 saturated carbocycles. The van der Waals surface area contributed by atoms with Crippen molar-refractivity contribution in [3.63, 3.8) is 0 Å². The second-order valence-corrected chi connectivity index (χ2v) is 19.1. The first kappa shape index (κ1) is 20.5. The molecule has 0 atom stereocenters. The summed E-state index contributed by atoms with van der Waals surface area (Å²) >= 11 is -2.65. The number of aromatic nitrogens is 3. The molecule has 0 aliphatic rings. The molecular formula is C17H33N3O2Sn. The van der Waals surface area contributed by atoms with Gasteiger partial charge in [0.1, 0.15) is 0 Å². The Morgan fingerprint density at radius 1 is 0.696 bits per heavy atom. The van der Waals surface area contributed by atoms with Crippen LogP contribution in [0.5, 0.6) is 12.0 Å². The number of unbranched alkanes of at least 4 members (excludes halogenated alkanes) is 3. The molecule has 0 aliphatic carbocycles. The molecule has 0 fully saturated rings.